The Bertz CT molecular complexity index is 781. The predicted octanol–water partition coefficient (Wildman–Crippen LogP) is 10.3. The maximum absolute atomic E-state index is 13.6. The first-order valence-electron chi connectivity index (χ1n) is 20.5. The minimum Gasteiger partial charge on any atom is -0.465 e. The zero-order chi connectivity index (χ0) is 37.3. The van der Waals surface area contributed by atoms with Crippen molar-refractivity contribution in [3.8, 4) is 0 Å². The lowest BCUT2D eigenvalue weighted by Crippen LogP contribution is -2.46. The van der Waals surface area contributed by atoms with Crippen molar-refractivity contribution in [3.05, 3.63) is 0 Å². The molecule has 0 N–H and O–H groups in total. The van der Waals surface area contributed by atoms with E-state index in [1.54, 1.807) is 0 Å². The number of esters is 4. The molecule has 0 aromatic carbocycles. The summed E-state index contributed by atoms with van der Waals surface area (Å²) in [6, 6.07) is 0. The Labute approximate surface area is 306 Å². The second kappa shape index (κ2) is 27.5. The summed E-state index contributed by atoms with van der Waals surface area (Å²) in [6.07, 6.45) is 15.5. The highest BCUT2D eigenvalue weighted by Crippen LogP contribution is 2.41. The summed E-state index contributed by atoms with van der Waals surface area (Å²) < 4.78 is 22.9. The van der Waals surface area contributed by atoms with E-state index in [0.717, 1.165) is 103 Å². The third kappa shape index (κ3) is 21.3. The van der Waals surface area contributed by atoms with Gasteiger partial charge in [-0.05, 0) is 62.2 Å². The van der Waals surface area contributed by atoms with Gasteiger partial charge in [-0.3, -0.25) is 19.2 Å². The van der Waals surface area contributed by atoms with Crippen LogP contribution in [0, 0.1) is 47.3 Å². The van der Waals surface area contributed by atoms with Crippen molar-refractivity contribution in [1.82, 2.24) is 0 Å². The lowest BCUT2D eigenvalue weighted by Gasteiger charge is -2.37. The summed E-state index contributed by atoms with van der Waals surface area (Å²) in [4.78, 5) is 54.3. The fourth-order valence-corrected chi connectivity index (χ4v) is 6.69. The van der Waals surface area contributed by atoms with E-state index in [4.69, 9.17) is 18.9 Å². The molecule has 0 aromatic rings. The molecule has 0 bridgehead atoms. The third-order valence-electron chi connectivity index (χ3n) is 9.88. The van der Waals surface area contributed by atoms with Gasteiger partial charge in [-0.15, -0.1) is 0 Å². The second-order valence-corrected chi connectivity index (χ2v) is 16.5. The Morgan fingerprint density at radius 1 is 0.360 bits per heavy atom. The van der Waals surface area contributed by atoms with Crippen molar-refractivity contribution in [1.29, 1.82) is 0 Å². The third-order valence-corrected chi connectivity index (χ3v) is 9.88. The minimum atomic E-state index is -0.886. The maximum Gasteiger partial charge on any atom is 0.309 e. The van der Waals surface area contributed by atoms with Gasteiger partial charge in [0.15, 0.2) is 0 Å². The molecule has 292 valence electrons. The second-order valence-electron chi connectivity index (χ2n) is 16.5. The zero-order valence-electron chi connectivity index (χ0n) is 33.4. The van der Waals surface area contributed by atoms with Crippen molar-refractivity contribution in [2.24, 2.45) is 47.3 Å². The monoisotopic (exact) mass is 709 g/mol. The number of hydrogen-bond donors (Lipinski definition) is 0. The van der Waals surface area contributed by atoms with E-state index in [1.807, 2.05) is 0 Å². The Hall–Kier alpha value is -2.12. The van der Waals surface area contributed by atoms with Crippen LogP contribution in [0.3, 0.4) is 0 Å². The van der Waals surface area contributed by atoms with Crippen LogP contribution in [0.25, 0.3) is 0 Å². The van der Waals surface area contributed by atoms with E-state index in [1.165, 1.54) is 0 Å². The average molecular weight is 709 g/mol. The molecule has 1 saturated carbocycles. The molecular weight excluding hydrogens is 632 g/mol. The first-order chi connectivity index (χ1) is 23.8. The van der Waals surface area contributed by atoms with Gasteiger partial charge in [0, 0.05) is 0 Å². The number of ether oxygens (including phenoxy) is 4. The molecular formula is C42H76O8. The number of hydrogen-bond acceptors (Lipinski definition) is 8. The highest BCUT2D eigenvalue weighted by atomic mass is 16.5. The molecule has 8 heteroatoms. The van der Waals surface area contributed by atoms with Crippen molar-refractivity contribution in [3.63, 3.8) is 0 Å². The topological polar surface area (TPSA) is 105 Å². The molecule has 8 nitrogen and oxygen atoms in total. The van der Waals surface area contributed by atoms with Crippen molar-refractivity contribution in [2.75, 3.05) is 26.4 Å². The number of carbonyl (C=O) groups excluding carboxylic acids is 4. The quantitative estimate of drug-likeness (QED) is 0.0449. The van der Waals surface area contributed by atoms with Crippen LogP contribution in [0.1, 0.15) is 171 Å². The molecule has 50 heavy (non-hydrogen) atoms. The van der Waals surface area contributed by atoms with E-state index >= 15 is 0 Å². The maximum atomic E-state index is 13.6. The summed E-state index contributed by atoms with van der Waals surface area (Å²) in [5.41, 5.74) is 0. The number of unbranched alkanes of at least 4 members (excludes halogenated alkanes) is 8. The normalized spacial score (nSPS) is 19.3. The molecule has 0 aromatic heterocycles. The van der Waals surface area contributed by atoms with E-state index in [0.29, 0.717) is 23.7 Å². The summed E-state index contributed by atoms with van der Waals surface area (Å²) in [5.74, 6) is -3.05. The first-order valence-corrected chi connectivity index (χ1v) is 20.5. The van der Waals surface area contributed by atoms with Gasteiger partial charge in [0.1, 0.15) is 0 Å². The predicted molar refractivity (Wildman–Crippen MR) is 200 cm³/mol. The molecule has 4 unspecified atom stereocenters. The van der Waals surface area contributed by atoms with Gasteiger partial charge in [0.25, 0.3) is 0 Å². The molecule has 0 spiro atoms. The molecule has 4 atom stereocenters. The van der Waals surface area contributed by atoms with Crippen LogP contribution in [0.4, 0.5) is 0 Å². The van der Waals surface area contributed by atoms with Crippen LogP contribution in [-0.2, 0) is 38.1 Å². The smallest absolute Gasteiger partial charge is 0.309 e. The van der Waals surface area contributed by atoms with Gasteiger partial charge >= 0.3 is 23.9 Å². The van der Waals surface area contributed by atoms with Crippen LogP contribution < -0.4 is 0 Å². The fourth-order valence-electron chi connectivity index (χ4n) is 6.69. The summed E-state index contributed by atoms with van der Waals surface area (Å²) in [6.45, 7) is 18.6. The van der Waals surface area contributed by atoms with Gasteiger partial charge < -0.3 is 18.9 Å². The molecule has 1 aliphatic rings. The van der Waals surface area contributed by atoms with Crippen LogP contribution in [0.2, 0.25) is 0 Å². The largest absolute Gasteiger partial charge is 0.465 e. The molecule has 0 saturated heterocycles. The van der Waals surface area contributed by atoms with Crippen LogP contribution in [0.15, 0.2) is 0 Å². The molecule has 0 amide bonds. The van der Waals surface area contributed by atoms with Gasteiger partial charge in [0.2, 0.25) is 0 Å². The Morgan fingerprint density at radius 3 is 0.740 bits per heavy atom. The number of carbonyl (C=O) groups is 4. The van der Waals surface area contributed by atoms with Crippen molar-refractivity contribution in [2.45, 2.75) is 171 Å². The molecule has 0 heterocycles. The highest BCUT2D eigenvalue weighted by molar-refractivity contribution is 5.87. The SMILES string of the molecule is CC(C)CCCCCOC(=O)C1CC(C(=O)OCCCCCC(C)C)C(C(=O)OCCCCCC(C)C)CC1C(=O)OCCCCCC(C)C. The molecule has 1 fully saturated rings. The lowest BCUT2D eigenvalue weighted by atomic mass is 9.68. The van der Waals surface area contributed by atoms with E-state index in [-0.39, 0.29) is 39.3 Å². The molecule has 1 aliphatic carbocycles. The van der Waals surface area contributed by atoms with E-state index in [2.05, 4.69) is 55.4 Å². The van der Waals surface area contributed by atoms with Crippen molar-refractivity contribution >= 4 is 23.9 Å². The van der Waals surface area contributed by atoms with Gasteiger partial charge in [-0.1, -0.05) is 132 Å². The summed E-state index contributed by atoms with van der Waals surface area (Å²) in [5, 5.41) is 0. The zero-order valence-corrected chi connectivity index (χ0v) is 33.4. The lowest BCUT2D eigenvalue weighted by molar-refractivity contribution is -0.175. The molecule has 0 aliphatic heterocycles. The number of rotatable bonds is 28. The van der Waals surface area contributed by atoms with Crippen molar-refractivity contribution < 1.29 is 38.1 Å². The minimum absolute atomic E-state index is 0.000670. The fraction of sp³-hybridized carbons (Fsp3) is 0.905. The Balaban J connectivity index is 3.05. The van der Waals surface area contributed by atoms with E-state index < -0.39 is 47.5 Å². The Morgan fingerprint density at radius 2 is 0.560 bits per heavy atom. The van der Waals surface area contributed by atoms with Crippen LogP contribution in [0.5, 0.6) is 0 Å². The van der Waals surface area contributed by atoms with Gasteiger partial charge in [0.05, 0.1) is 50.1 Å². The first kappa shape index (κ1) is 45.9. The van der Waals surface area contributed by atoms with E-state index in [9.17, 15) is 19.2 Å². The standard InChI is InChI=1S/C42H76O8/c1-31(2)21-13-9-17-25-47-39(43)35-29-37(41(45)49-27-19-11-15-23-33(5)6)38(42(46)50-28-20-12-16-24-34(7)8)30-36(35)40(44)48-26-18-10-14-22-32(3)4/h31-38H,9-30H2,1-8H3. The molecule has 0 radical (unpaired) electrons. The van der Waals surface area contributed by atoms with Crippen LogP contribution >= 0.6 is 0 Å². The summed E-state index contributed by atoms with van der Waals surface area (Å²) >= 11 is 0. The average Bonchev–Trinajstić information content (AvgIpc) is 3.05. The highest BCUT2D eigenvalue weighted by Gasteiger charge is 2.51. The van der Waals surface area contributed by atoms with Gasteiger partial charge in [-0.2, -0.15) is 0 Å². The van der Waals surface area contributed by atoms with Crippen LogP contribution in [-0.4, -0.2) is 50.3 Å². The Kier molecular flexibility index (Phi) is 25.3. The van der Waals surface area contributed by atoms with Gasteiger partial charge in [-0.25, -0.2) is 0 Å². The summed E-state index contributed by atoms with van der Waals surface area (Å²) in [7, 11) is 0. The molecule has 1 rings (SSSR count).